The van der Waals surface area contributed by atoms with Crippen molar-refractivity contribution in [1.82, 2.24) is 4.98 Å². The highest BCUT2D eigenvalue weighted by atomic mass is 35.5. The number of para-hydroxylation sites is 1. The molecule has 0 fully saturated rings. The second-order valence-electron chi connectivity index (χ2n) is 4.72. The van der Waals surface area contributed by atoms with E-state index in [4.69, 9.17) is 16.7 Å². The third-order valence-electron chi connectivity index (χ3n) is 3.25. The number of rotatable bonds is 4. The first-order valence-electron chi connectivity index (χ1n) is 6.63. The van der Waals surface area contributed by atoms with Gasteiger partial charge in [-0.3, -0.25) is 0 Å². The first-order chi connectivity index (χ1) is 10.3. The minimum Gasteiger partial charge on any atom is -0.392 e. The smallest absolute Gasteiger partial charge is 0.133 e. The molecule has 0 spiro atoms. The summed E-state index contributed by atoms with van der Waals surface area (Å²) in [6.07, 6.45) is 0. The van der Waals surface area contributed by atoms with Crippen molar-refractivity contribution in [2.45, 2.75) is 17.3 Å². The van der Waals surface area contributed by atoms with Crippen LogP contribution in [-0.4, -0.2) is 10.1 Å². The summed E-state index contributed by atoms with van der Waals surface area (Å²) < 4.78 is 0. The van der Waals surface area contributed by atoms with Gasteiger partial charge in [0.25, 0.3) is 0 Å². The van der Waals surface area contributed by atoms with Crippen LogP contribution >= 0.6 is 23.4 Å². The summed E-state index contributed by atoms with van der Waals surface area (Å²) in [7, 11) is 0. The minimum absolute atomic E-state index is 0.0748. The summed E-state index contributed by atoms with van der Waals surface area (Å²) in [4.78, 5) is 5.58. The van der Waals surface area contributed by atoms with Crippen molar-refractivity contribution in [1.29, 1.82) is 0 Å². The second kappa shape index (κ2) is 6.48. The number of thioether (sulfide) groups is 1. The van der Waals surface area contributed by atoms with Crippen LogP contribution in [0, 0.1) is 0 Å². The molecule has 0 saturated heterocycles. The molecule has 0 aliphatic heterocycles. The second-order valence-corrected chi connectivity index (χ2v) is 6.13. The number of halogens is 1. The lowest BCUT2D eigenvalue weighted by molar-refractivity contribution is 0.282. The summed E-state index contributed by atoms with van der Waals surface area (Å²) in [5.74, 6) is 0.773. The highest BCUT2D eigenvalue weighted by Gasteiger charge is 2.05. The summed E-state index contributed by atoms with van der Waals surface area (Å²) in [5, 5.41) is 10.7. The molecule has 3 aromatic rings. The quantitative estimate of drug-likeness (QED) is 0.561. The zero-order chi connectivity index (χ0) is 14.7. The molecule has 2 aromatic carbocycles. The molecule has 0 amide bonds. The monoisotopic (exact) mass is 315 g/mol. The van der Waals surface area contributed by atoms with E-state index in [2.05, 4.69) is 11.1 Å². The topological polar surface area (TPSA) is 33.1 Å². The molecule has 106 valence electrons. The van der Waals surface area contributed by atoms with Crippen molar-refractivity contribution in [3.8, 4) is 0 Å². The van der Waals surface area contributed by atoms with Gasteiger partial charge in [0.2, 0.25) is 0 Å². The molecular formula is C17H14ClNOS. The Labute approximate surface area is 132 Å². The number of fused-ring (bicyclic) bond motifs is 1. The lowest BCUT2D eigenvalue weighted by Crippen LogP contribution is -1.89. The van der Waals surface area contributed by atoms with Crippen LogP contribution in [0.1, 0.15) is 11.1 Å². The van der Waals surface area contributed by atoms with E-state index < -0.39 is 0 Å². The molecule has 0 aliphatic rings. The molecule has 1 aromatic heterocycles. The zero-order valence-corrected chi connectivity index (χ0v) is 12.9. The number of hydrogen-bond donors (Lipinski definition) is 1. The molecule has 0 atom stereocenters. The number of aliphatic hydroxyl groups is 1. The van der Waals surface area contributed by atoms with Gasteiger partial charge in [0, 0.05) is 21.6 Å². The Bertz CT molecular complexity index is 758. The van der Waals surface area contributed by atoms with E-state index in [1.807, 2.05) is 48.5 Å². The summed E-state index contributed by atoms with van der Waals surface area (Å²) in [6.45, 7) is 0.0748. The van der Waals surface area contributed by atoms with Crippen LogP contribution < -0.4 is 0 Å². The van der Waals surface area contributed by atoms with Gasteiger partial charge in [-0.25, -0.2) is 4.98 Å². The molecule has 0 saturated carbocycles. The van der Waals surface area contributed by atoms with Crippen molar-refractivity contribution in [2.24, 2.45) is 0 Å². The predicted octanol–water partition coefficient (Wildman–Crippen LogP) is 4.67. The number of benzene rings is 2. The first kappa shape index (κ1) is 14.4. The van der Waals surface area contributed by atoms with Gasteiger partial charge in [-0.1, -0.05) is 41.9 Å². The fourth-order valence-corrected chi connectivity index (χ4v) is 3.25. The molecule has 1 heterocycles. The highest BCUT2D eigenvalue weighted by molar-refractivity contribution is 7.98. The number of hydrogen-bond acceptors (Lipinski definition) is 3. The minimum atomic E-state index is 0.0748. The maximum atomic E-state index is 9.04. The normalized spacial score (nSPS) is 11.0. The molecule has 3 rings (SSSR count). The van der Waals surface area contributed by atoms with Crippen LogP contribution in [-0.2, 0) is 12.4 Å². The SMILES string of the molecule is OCc1ccc(SCc2cc3ccccc3nc2Cl)cc1. The number of aliphatic hydroxyl groups excluding tert-OH is 1. The Balaban J connectivity index is 1.79. The van der Waals surface area contributed by atoms with Gasteiger partial charge in [0.15, 0.2) is 0 Å². The van der Waals surface area contributed by atoms with Crippen LogP contribution in [0.4, 0.5) is 0 Å². The van der Waals surface area contributed by atoms with Gasteiger partial charge < -0.3 is 5.11 Å². The van der Waals surface area contributed by atoms with Crippen molar-refractivity contribution < 1.29 is 5.11 Å². The number of aromatic nitrogens is 1. The molecular weight excluding hydrogens is 302 g/mol. The Morgan fingerprint density at radius 3 is 2.57 bits per heavy atom. The van der Waals surface area contributed by atoms with Gasteiger partial charge in [-0.2, -0.15) is 0 Å². The molecule has 4 heteroatoms. The lowest BCUT2D eigenvalue weighted by atomic mass is 10.2. The lowest BCUT2D eigenvalue weighted by Gasteiger charge is -2.06. The fraction of sp³-hybridized carbons (Fsp3) is 0.118. The van der Waals surface area contributed by atoms with Crippen LogP contribution in [0.3, 0.4) is 0 Å². The van der Waals surface area contributed by atoms with E-state index in [-0.39, 0.29) is 6.61 Å². The van der Waals surface area contributed by atoms with Crippen LogP contribution in [0.5, 0.6) is 0 Å². The Kier molecular flexibility index (Phi) is 4.44. The van der Waals surface area contributed by atoms with Crippen molar-refractivity contribution in [2.75, 3.05) is 0 Å². The average Bonchev–Trinajstić information content (AvgIpc) is 2.53. The third-order valence-corrected chi connectivity index (χ3v) is 4.64. The van der Waals surface area contributed by atoms with Crippen molar-refractivity contribution in [3.05, 3.63) is 70.9 Å². The first-order valence-corrected chi connectivity index (χ1v) is 7.99. The maximum Gasteiger partial charge on any atom is 0.133 e. The predicted molar refractivity (Wildman–Crippen MR) is 88.7 cm³/mol. The maximum absolute atomic E-state index is 9.04. The van der Waals surface area contributed by atoms with Gasteiger partial charge in [0.05, 0.1) is 12.1 Å². The largest absolute Gasteiger partial charge is 0.392 e. The van der Waals surface area contributed by atoms with Crippen LogP contribution in [0.2, 0.25) is 5.15 Å². The van der Waals surface area contributed by atoms with E-state index >= 15 is 0 Å². The van der Waals surface area contributed by atoms with Crippen molar-refractivity contribution >= 4 is 34.3 Å². The zero-order valence-electron chi connectivity index (χ0n) is 11.3. The van der Waals surface area contributed by atoms with E-state index in [0.29, 0.717) is 5.15 Å². The van der Waals surface area contributed by atoms with Gasteiger partial charge in [-0.05, 0) is 29.8 Å². The van der Waals surface area contributed by atoms with Crippen LogP contribution in [0.15, 0.2) is 59.5 Å². The van der Waals surface area contributed by atoms with Gasteiger partial charge in [0.1, 0.15) is 5.15 Å². The van der Waals surface area contributed by atoms with Crippen molar-refractivity contribution in [3.63, 3.8) is 0 Å². The molecule has 0 aliphatic carbocycles. The van der Waals surface area contributed by atoms with Gasteiger partial charge in [-0.15, -0.1) is 11.8 Å². The number of pyridine rings is 1. The Hall–Kier alpha value is -1.55. The Morgan fingerprint density at radius 1 is 1.05 bits per heavy atom. The third kappa shape index (κ3) is 3.38. The summed E-state index contributed by atoms with van der Waals surface area (Å²) >= 11 is 7.97. The highest BCUT2D eigenvalue weighted by Crippen LogP contribution is 2.28. The average molecular weight is 316 g/mol. The van der Waals surface area contributed by atoms with E-state index in [1.165, 1.54) is 0 Å². The number of nitrogens with zero attached hydrogens (tertiary/aromatic N) is 1. The fourth-order valence-electron chi connectivity index (χ4n) is 2.09. The van der Waals surface area contributed by atoms with Crippen LogP contribution in [0.25, 0.3) is 10.9 Å². The van der Waals surface area contributed by atoms with E-state index in [9.17, 15) is 0 Å². The molecule has 2 nitrogen and oxygen atoms in total. The summed E-state index contributed by atoms with van der Waals surface area (Å²) in [6, 6.07) is 18.0. The molecule has 1 N–H and O–H groups in total. The Morgan fingerprint density at radius 2 is 1.81 bits per heavy atom. The molecule has 0 unspecified atom stereocenters. The summed E-state index contributed by atoms with van der Waals surface area (Å²) in [5.41, 5.74) is 2.87. The molecule has 0 radical (unpaired) electrons. The standard InChI is InChI=1S/C17H14ClNOS/c18-17-14(9-13-3-1-2-4-16(13)19-17)11-21-15-7-5-12(10-20)6-8-15/h1-9,20H,10-11H2. The molecule has 0 bridgehead atoms. The molecule has 21 heavy (non-hydrogen) atoms. The van der Waals surface area contributed by atoms with Gasteiger partial charge >= 0.3 is 0 Å². The van der Waals surface area contributed by atoms with E-state index in [0.717, 1.165) is 32.7 Å². The van der Waals surface area contributed by atoms with E-state index in [1.54, 1.807) is 11.8 Å².